The lowest BCUT2D eigenvalue weighted by Crippen LogP contribution is -2.40. The number of rotatable bonds is 3. The fraction of sp³-hybridized carbons (Fsp3) is 0.933. The lowest BCUT2D eigenvalue weighted by Gasteiger charge is -2.22. The summed E-state index contributed by atoms with van der Waals surface area (Å²) in [5.74, 6) is 1.91. The minimum Gasteiger partial charge on any atom is -0.396 e. The number of aliphatic hydroxyl groups is 1. The van der Waals surface area contributed by atoms with E-state index in [-0.39, 0.29) is 12.6 Å². The van der Waals surface area contributed by atoms with Gasteiger partial charge < -0.3 is 15.3 Å². The van der Waals surface area contributed by atoms with Crippen molar-refractivity contribution in [1.29, 1.82) is 0 Å². The monoisotopic (exact) mass is 266 g/mol. The highest BCUT2D eigenvalue weighted by Crippen LogP contribution is 2.44. The van der Waals surface area contributed by atoms with Gasteiger partial charge in [0.25, 0.3) is 0 Å². The maximum absolute atomic E-state index is 12.1. The number of hydrogen-bond donors (Lipinski definition) is 2. The van der Waals surface area contributed by atoms with E-state index in [0.29, 0.717) is 12.0 Å². The average Bonchev–Trinajstić information content (AvgIpc) is 3.04. The number of amides is 2. The first-order valence-electron chi connectivity index (χ1n) is 7.94. The molecule has 2 saturated carbocycles. The molecule has 3 atom stereocenters. The van der Waals surface area contributed by atoms with E-state index in [1.165, 1.54) is 38.5 Å². The highest BCUT2D eigenvalue weighted by Gasteiger charge is 2.44. The predicted octanol–water partition coefficient (Wildman–Crippen LogP) is 1.98. The van der Waals surface area contributed by atoms with Crippen LogP contribution in [0.25, 0.3) is 0 Å². The van der Waals surface area contributed by atoms with Gasteiger partial charge in [0.2, 0.25) is 0 Å². The molecular formula is C15H26N2O2. The highest BCUT2D eigenvalue weighted by molar-refractivity contribution is 5.75. The quantitative estimate of drug-likeness (QED) is 0.820. The first-order chi connectivity index (χ1) is 9.28. The Hall–Kier alpha value is -0.770. The number of aliphatic hydroxyl groups excluding tert-OH is 1. The topological polar surface area (TPSA) is 52.6 Å². The second kappa shape index (κ2) is 5.70. The molecule has 0 aromatic rings. The summed E-state index contributed by atoms with van der Waals surface area (Å²) in [6.45, 7) is 1.74. The van der Waals surface area contributed by atoms with Crippen molar-refractivity contribution in [1.82, 2.24) is 10.2 Å². The van der Waals surface area contributed by atoms with Crippen LogP contribution >= 0.6 is 0 Å². The molecule has 3 fully saturated rings. The van der Waals surface area contributed by atoms with Gasteiger partial charge in [0.05, 0.1) is 0 Å². The SMILES string of the molecule is O=C(NC1CC1C1CCCCC1)N1CCC(CO)C1. The van der Waals surface area contributed by atoms with E-state index in [0.717, 1.165) is 31.3 Å². The zero-order chi connectivity index (χ0) is 13.2. The van der Waals surface area contributed by atoms with Gasteiger partial charge in [-0.2, -0.15) is 0 Å². The minimum atomic E-state index is 0.0965. The summed E-state index contributed by atoms with van der Waals surface area (Å²) in [6.07, 6.45) is 9.03. The highest BCUT2D eigenvalue weighted by atomic mass is 16.3. The zero-order valence-corrected chi connectivity index (χ0v) is 11.7. The Morgan fingerprint density at radius 2 is 2.00 bits per heavy atom. The molecule has 2 N–H and O–H groups in total. The summed E-state index contributed by atoms with van der Waals surface area (Å²) in [6, 6.07) is 0.531. The first-order valence-corrected chi connectivity index (χ1v) is 7.94. The molecule has 0 spiro atoms. The summed E-state index contributed by atoms with van der Waals surface area (Å²) in [7, 11) is 0. The normalized spacial score (nSPS) is 35.4. The fourth-order valence-electron chi connectivity index (χ4n) is 3.88. The van der Waals surface area contributed by atoms with Crippen LogP contribution in [0, 0.1) is 17.8 Å². The van der Waals surface area contributed by atoms with Crippen LogP contribution in [0.15, 0.2) is 0 Å². The Morgan fingerprint density at radius 3 is 2.68 bits per heavy atom. The zero-order valence-electron chi connectivity index (χ0n) is 11.7. The van der Waals surface area contributed by atoms with Crippen LogP contribution in [-0.4, -0.2) is 41.8 Å². The van der Waals surface area contributed by atoms with E-state index < -0.39 is 0 Å². The first kappa shape index (κ1) is 13.2. The molecule has 19 heavy (non-hydrogen) atoms. The Bertz CT molecular complexity index is 328. The van der Waals surface area contributed by atoms with Crippen molar-refractivity contribution in [2.24, 2.45) is 17.8 Å². The molecule has 0 aromatic carbocycles. The van der Waals surface area contributed by atoms with Crippen molar-refractivity contribution in [3.05, 3.63) is 0 Å². The van der Waals surface area contributed by atoms with Crippen LogP contribution in [0.2, 0.25) is 0 Å². The van der Waals surface area contributed by atoms with Gasteiger partial charge in [0.1, 0.15) is 0 Å². The molecule has 3 aliphatic rings. The smallest absolute Gasteiger partial charge is 0.317 e. The molecule has 4 heteroatoms. The summed E-state index contributed by atoms with van der Waals surface area (Å²) >= 11 is 0. The minimum absolute atomic E-state index is 0.0965. The average molecular weight is 266 g/mol. The summed E-state index contributed by atoms with van der Waals surface area (Å²) in [5.41, 5.74) is 0. The van der Waals surface area contributed by atoms with Crippen molar-refractivity contribution in [3.8, 4) is 0 Å². The van der Waals surface area contributed by atoms with E-state index in [2.05, 4.69) is 5.32 Å². The van der Waals surface area contributed by atoms with Crippen LogP contribution in [0.4, 0.5) is 4.79 Å². The number of likely N-dealkylation sites (tertiary alicyclic amines) is 1. The third kappa shape index (κ3) is 3.04. The molecule has 4 nitrogen and oxygen atoms in total. The Kier molecular flexibility index (Phi) is 3.96. The van der Waals surface area contributed by atoms with E-state index in [1.807, 2.05) is 4.90 Å². The molecule has 0 bridgehead atoms. The molecule has 2 aliphatic carbocycles. The number of nitrogens with one attached hydrogen (secondary N) is 1. The number of hydrogen-bond acceptors (Lipinski definition) is 2. The number of urea groups is 1. The van der Waals surface area contributed by atoms with Gasteiger partial charge in [0.15, 0.2) is 0 Å². The van der Waals surface area contributed by atoms with Gasteiger partial charge in [-0.05, 0) is 24.7 Å². The lowest BCUT2D eigenvalue weighted by molar-refractivity contribution is 0.196. The Morgan fingerprint density at radius 1 is 1.21 bits per heavy atom. The van der Waals surface area contributed by atoms with Gasteiger partial charge in [0, 0.05) is 31.7 Å². The Balaban J connectivity index is 1.42. The standard InChI is InChI=1S/C15H26N2O2/c18-10-11-6-7-17(9-11)15(19)16-14-8-13(14)12-4-2-1-3-5-12/h11-14,18H,1-10H2,(H,16,19). The van der Waals surface area contributed by atoms with E-state index >= 15 is 0 Å². The van der Waals surface area contributed by atoms with Crippen LogP contribution in [0.5, 0.6) is 0 Å². The Labute approximate surface area is 115 Å². The molecule has 108 valence electrons. The van der Waals surface area contributed by atoms with Gasteiger partial charge in [-0.3, -0.25) is 0 Å². The number of nitrogens with zero attached hydrogens (tertiary/aromatic N) is 1. The maximum Gasteiger partial charge on any atom is 0.317 e. The largest absolute Gasteiger partial charge is 0.396 e. The van der Waals surface area contributed by atoms with E-state index in [1.54, 1.807) is 0 Å². The summed E-state index contributed by atoms with van der Waals surface area (Å²) in [4.78, 5) is 14.0. The molecule has 1 aliphatic heterocycles. The molecule has 1 saturated heterocycles. The fourth-order valence-corrected chi connectivity index (χ4v) is 3.88. The summed E-state index contributed by atoms with van der Waals surface area (Å²) < 4.78 is 0. The van der Waals surface area contributed by atoms with E-state index in [9.17, 15) is 4.79 Å². The van der Waals surface area contributed by atoms with Gasteiger partial charge in [-0.15, -0.1) is 0 Å². The molecule has 2 amide bonds. The molecule has 1 heterocycles. The number of carbonyl (C=O) groups excluding carboxylic acids is 1. The van der Waals surface area contributed by atoms with Crippen LogP contribution in [0.3, 0.4) is 0 Å². The lowest BCUT2D eigenvalue weighted by atomic mass is 9.85. The van der Waals surface area contributed by atoms with Crippen molar-refractivity contribution in [2.45, 2.75) is 51.0 Å². The van der Waals surface area contributed by atoms with Crippen LogP contribution < -0.4 is 5.32 Å². The second-order valence-electron chi connectivity index (χ2n) is 6.64. The van der Waals surface area contributed by atoms with E-state index in [4.69, 9.17) is 5.11 Å². The molecular weight excluding hydrogens is 240 g/mol. The molecule has 0 aromatic heterocycles. The molecule has 0 radical (unpaired) electrons. The van der Waals surface area contributed by atoms with Crippen molar-refractivity contribution >= 4 is 6.03 Å². The van der Waals surface area contributed by atoms with Crippen molar-refractivity contribution in [3.63, 3.8) is 0 Å². The summed E-state index contributed by atoms with van der Waals surface area (Å²) in [5, 5.41) is 12.3. The van der Waals surface area contributed by atoms with Crippen molar-refractivity contribution < 1.29 is 9.90 Å². The van der Waals surface area contributed by atoms with Crippen molar-refractivity contribution in [2.75, 3.05) is 19.7 Å². The third-order valence-corrected chi connectivity index (χ3v) is 5.24. The van der Waals surface area contributed by atoms with Crippen LogP contribution in [0.1, 0.15) is 44.9 Å². The third-order valence-electron chi connectivity index (χ3n) is 5.24. The van der Waals surface area contributed by atoms with Crippen LogP contribution in [-0.2, 0) is 0 Å². The molecule has 3 rings (SSSR count). The van der Waals surface area contributed by atoms with Gasteiger partial charge in [-0.25, -0.2) is 4.79 Å². The van der Waals surface area contributed by atoms with Gasteiger partial charge in [-0.1, -0.05) is 32.1 Å². The number of carbonyl (C=O) groups is 1. The maximum atomic E-state index is 12.1. The second-order valence-corrected chi connectivity index (χ2v) is 6.64. The van der Waals surface area contributed by atoms with Gasteiger partial charge >= 0.3 is 6.03 Å². The molecule has 3 unspecified atom stereocenters. The predicted molar refractivity (Wildman–Crippen MR) is 73.8 cm³/mol.